The highest BCUT2D eigenvalue weighted by Crippen LogP contribution is 2.28. The van der Waals surface area contributed by atoms with Crippen molar-refractivity contribution < 1.29 is 9.32 Å². The minimum atomic E-state index is 0.0843. The highest BCUT2D eigenvalue weighted by atomic mass is 16.5. The lowest BCUT2D eigenvalue weighted by molar-refractivity contribution is -0.122. The van der Waals surface area contributed by atoms with Gasteiger partial charge in [-0.15, -0.1) is 0 Å². The van der Waals surface area contributed by atoms with Crippen LogP contribution < -0.4 is 5.32 Å². The molecular formula is C13H13N3O2. The molecule has 3 rings (SSSR count). The first-order chi connectivity index (χ1) is 8.83. The molecule has 1 aliphatic carbocycles. The van der Waals surface area contributed by atoms with E-state index in [-0.39, 0.29) is 11.8 Å². The molecule has 1 heterocycles. The molecule has 1 fully saturated rings. The van der Waals surface area contributed by atoms with Crippen molar-refractivity contribution in [2.45, 2.75) is 19.4 Å². The maximum absolute atomic E-state index is 11.5. The third kappa shape index (κ3) is 2.40. The molecule has 5 heteroatoms. The molecule has 1 aromatic carbocycles. The van der Waals surface area contributed by atoms with Crippen LogP contribution in [0.25, 0.3) is 11.5 Å². The Morgan fingerprint density at radius 3 is 2.83 bits per heavy atom. The Morgan fingerprint density at radius 2 is 2.11 bits per heavy atom. The molecule has 0 spiro atoms. The van der Waals surface area contributed by atoms with E-state index < -0.39 is 0 Å². The van der Waals surface area contributed by atoms with Gasteiger partial charge in [-0.1, -0.05) is 23.4 Å². The maximum atomic E-state index is 11.5. The van der Waals surface area contributed by atoms with Gasteiger partial charge in [0.05, 0.1) is 6.54 Å². The van der Waals surface area contributed by atoms with Crippen molar-refractivity contribution in [1.82, 2.24) is 15.5 Å². The van der Waals surface area contributed by atoms with Crippen LogP contribution in [0.3, 0.4) is 0 Å². The van der Waals surface area contributed by atoms with Gasteiger partial charge in [-0.25, -0.2) is 0 Å². The summed E-state index contributed by atoms with van der Waals surface area (Å²) in [5.41, 5.74) is 0.879. The van der Waals surface area contributed by atoms with Crippen molar-refractivity contribution in [3.63, 3.8) is 0 Å². The second-order valence-corrected chi connectivity index (χ2v) is 4.37. The fourth-order valence-electron chi connectivity index (χ4n) is 1.68. The number of hydrogen-bond donors (Lipinski definition) is 1. The van der Waals surface area contributed by atoms with E-state index in [2.05, 4.69) is 15.5 Å². The van der Waals surface area contributed by atoms with Crippen LogP contribution in [0.1, 0.15) is 18.7 Å². The molecule has 1 amide bonds. The lowest BCUT2D eigenvalue weighted by atomic mass is 10.2. The van der Waals surface area contributed by atoms with Gasteiger partial charge in [0, 0.05) is 11.5 Å². The predicted molar refractivity (Wildman–Crippen MR) is 64.3 cm³/mol. The minimum absolute atomic E-state index is 0.0843. The first-order valence-corrected chi connectivity index (χ1v) is 5.98. The second kappa shape index (κ2) is 4.60. The molecule has 1 aliphatic rings. The highest BCUT2D eigenvalue weighted by molar-refractivity contribution is 5.80. The number of carbonyl (C=O) groups is 1. The summed E-state index contributed by atoms with van der Waals surface area (Å²) in [4.78, 5) is 15.7. The van der Waals surface area contributed by atoms with Crippen LogP contribution in [0, 0.1) is 5.92 Å². The lowest BCUT2D eigenvalue weighted by Crippen LogP contribution is -2.24. The van der Waals surface area contributed by atoms with Crippen molar-refractivity contribution in [2.24, 2.45) is 5.92 Å². The second-order valence-electron chi connectivity index (χ2n) is 4.37. The summed E-state index contributed by atoms with van der Waals surface area (Å²) in [5, 5.41) is 6.65. The summed E-state index contributed by atoms with van der Waals surface area (Å²) in [7, 11) is 0. The van der Waals surface area contributed by atoms with E-state index >= 15 is 0 Å². The third-order valence-corrected chi connectivity index (χ3v) is 2.86. The van der Waals surface area contributed by atoms with E-state index in [1.54, 1.807) is 0 Å². The third-order valence-electron chi connectivity index (χ3n) is 2.86. The van der Waals surface area contributed by atoms with Crippen LogP contribution in [-0.2, 0) is 11.3 Å². The van der Waals surface area contributed by atoms with Crippen molar-refractivity contribution in [3.05, 3.63) is 36.2 Å². The molecule has 92 valence electrons. The molecule has 18 heavy (non-hydrogen) atoms. The topological polar surface area (TPSA) is 68.0 Å². The Bertz CT molecular complexity index is 546. The van der Waals surface area contributed by atoms with Crippen LogP contribution in [0.5, 0.6) is 0 Å². The number of amides is 1. The number of carbonyl (C=O) groups excluding carboxylic acids is 1. The highest BCUT2D eigenvalue weighted by Gasteiger charge is 2.29. The monoisotopic (exact) mass is 243 g/mol. The zero-order valence-corrected chi connectivity index (χ0v) is 9.80. The van der Waals surface area contributed by atoms with E-state index in [1.165, 1.54) is 0 Å². The number of nitrogens with one attached hydrogen (secondary N) is 1. The molecule has 1 N–H and O–H groups in total. The molecule has 5 nitrogen and oxygen atoms in total. The van der Waals surface area contributed by atoms with Gasteiger partial charge in [-0.05, 0) is 25.0 Å². The molecule has 0 saturated heterocycles. The molecule has 1 saturated carbocycles. The van der Waals surface area contributed by atoms with Crippen LogP contribution in [0.15, 0.2) is 34.9 Å². The van der Waals surface area contributed by atoms with Gasteiger partial charge in [0.25, 0.3) is 5.89 Å². The lowest BCUT2D eigenvalue weighted by Gasteiger charge is -1.98. The van der Waals surface area contributed by atoms with Gasteiger partial charge >= 0.3 is 0 Å². The largest absolute Gasteiger partial charge is 0.348 e. The number of nitrogens with zero attached hydrogens (tertiary/aromatic N) is 2. The number of aromatic nitrogens is 2. The van der Waals surface area contributed by atoms with Gasteiger partial charge in [-0.3, -0.25) is 4.79 Å². The summed E-state index contributed by atoms with van der Waals surface area (Å²) < 4.78 is 5.15. The predicted octanol–water partition coefficient (Wildman–Crippen LogP) is 1.76. The zero-order chi connectivity index (χ0) is 12.4. The average molecular weight is 243 g/mol. The van der Waals surface area contributed by atoms with Crippen LogP contribution in [0.2, 0.25) is 0 Å². The molecule has 0 atom stereocenters. The van der Waals surface area contributed by atoms with E-state index in [1.807, 2.05) is 30.3 Å². The first kappa shape index (κ1) is 11.0. The van der Waals surface area contributed by atoms with Crippen LogP contribution >= 0.6 is 0 Å². The molecule has 0 bridgehead atoms. The summed E-state index contributed by atoms with van der Waals surface area (Å²) in [6.45, 7) is 0.325. The Labute approximate surface area is 104 Å². The van der Waals surface area contributed by atoms with Crippen molar-refractivity contribution in [1.29, 1.82) is 0 Å². The summed E-state index contributed by atoms with van der Waals surface area (Å²) in [6, 6.07) is 9.55. The van der Waals surface area contributed by atoms with Gasteiger partial charge in [0.15, 0.2) is 5.82 Å². The summed E-state index contributed by atoms with van der Waals surface area (Å²) in [6.07, 6.45) is 1.99. The van der Waals surface area contributed by atoms with Gasteiger partial charge in [0.2, 0.25) is 5.91 Å². The summed E-state index contributed by atoms with van der Waals surface area (Å²) >= 11 is 0. The molecule has 2 aromatic rings. The molecule has 0 unspecified atom stereocenters. The van der Waals surface area contributed by atoms with Crippen molar-refractivity contribution >= 4 is 5.91 Å². The Morgan fingerprint density at radius 1 is 1.33 bits per heavy atom. The summed E-state index contributed by atoms with van der Waals surface area (Å²) in [5.74, 6) is 1.26. The van der Waals surface area contributed by atoms with Crippen LogP contribution in [0.4, 0.5) is 0 Å². The smallest absolute Gasteiger partial charge is 0.257 e. The Balaban J connectivity index is 1.64. The van der Waals surface area contributed by atoms with Crippen LogP contribution in [-0.4, -0.2) is 16.0 Å². The van der Waals surface area contributed by atoms with Gasteiger partial charge in [-0.2, -0.15) is 4.98 Å². The number of benzene rings is 1. The van der Waals surface area contributed by atoms with Gasteiger partial charge < -0.3 is 9.84 Å². The van der Waals surface area contributed by atoms with E-state index in [4.69, 9.17) is 4.52 Å². The SMILES string of the molecule is O=C(NCc1noc(-c2ccccc2)n1)C1CC1. The molecular weight excluding hydrogens is 230 g/mol. The number of rotatable bonds is 4. The zero-order valence-electron chi connectivity index (χ0n) is 9.80. The van der Waals surface area contributed by atoms with Crippen molar-refractivity contribution in [3.8, 4) is 11.5 Å². The van der Waals surface area contributed by atoms with Crippen molar-refractivity contribution in [2.75, 3.05) is 0 Å². The van der Waals surface area contributed by atoms with E-state index in [0.717, 1.165) is 18.4 Å². The average Bonchev–Trinajstić information content (AvgIpc) is 3.16. The molecule has 1 aromatic heterocycles. The fraction of sp³-hybridized carbons (Fsp3) is 0.308. The fourth-order valence-corrected chi connectivity index (χ4v) is 1.68. The van der Waals surface area contributed by atoms with E-state index in [0.29, 0.717) is 18.3 Å². The minimum Gasteiger partial charge on any atom is -0.348 e. The quantitative estimate of drug-likeness (QED) is 0.888. The Hall–Kier alpha value is -2.17. The number of hydrogen-bond acceptors (Lipinski definition) is 4. The normalized spacial score (nSPS) is 14.4. The first-order valence-electron chi connectivity index (χ1n) is 5.98. The molecule has 0 aliphatic heterocycles. The Kier molecular flexibility index (Phi) is 2.80. The van der Waals surface area contributed by atoms with E-state index in [9.17, 15) is 4.79 Å². The van der Waals surface area contributed by atoms with Gasteiger partial charge in [0.1, 0.15) is 0 Å². The maximum Gasteiger partial charge on any atom is 0.257 e. The standard InChI is InChI=1S/C13H13N3O2/c17-12(9-6-7-9)14-8-11-15-13(18-16-11)10-4-2-1-3-5-10/h1-5,9H,6-8H2,(H,14,17). The molecule has 0 radical (unpaired) electrons.